The summed E-state index contributed by atoms with van der Waals surface area (Å²) in [4.78, 5) is 12.9. The van der Waals surface area contributed by atoms with Gasteiger partial charge in [0.2, 0.25) is 5.78 Å². The normalized spacial score (nSPS) is 11.9. The average molecular weight is 496 g/mol. The third-order valence-electron chi connectivity index (χ3n) is 4.43. The summed E-state index contributed by atoms with van der Waals surface area (Å²) in [6.07, 6.45) is 1.32. The van der Waals surface area contributed by atoms with Gasteiger partial charge in [-0.2, -0.15) is 0 Å². The summed E-state index contributed by atoms with van der Waals surface area (Å²) >= 11 is 17.9. The summed E-state index contributed by atoms with van der Waals surface area (Å²) in [6.45, 7) is 0. The second-order valence-electron chi connectivity index (χ2n) is 6.59. The molecule has 0 bridgehead atoms. The van der Waals surface area contributed by atoms with Crippen molar-refractivity contribution in [3.8, 4) is 5.75 Å². The molecule has 0 radical (unpaired) electrons. The summed E-state index contributed by atoms with van der Waals surface area (Å²) < 4.78 is 32.0. The number of ether oxygens (including phenoxy) is 1. The van der Waals surface area contributed by atoms with E-state index in [1.165, 1.54) is 49.6 Å². The monoisotopic (exact) mass is 494 g/mol. The number of halogens is 3. The molecule has 0 atom stereocenters. The van der Waals surface area contributed by atoms with Gasteiger partial charge in [-0.25, -0.2) is 8.42 Å². The molecular formula is C23H17Cl3O4S. The molecule has 3 rings (SSSR count). The lowest BCUT2D eigenvalue weighted by Gasteiger charge is -2.11. The topological polar surface area (TPSA) is 60.4 Å². The lowest BCUT2D eigenvalue weighted by atomic mass is 10.1. The first-order valence-electron chi connectivity index (χ1n) is 9.03. The lowest BCUT2D eigenvalue weighted by molar-refractivity contribution is 0.104. The van der Waals surface area contributed by atoms with Gasteiger partial charge < -0.3 is 4.74 Å². The Morgan fingerprint density at radius 3 is 2.26 bits per heavy atom. The quantitative estimate of drug-likeness (QED) is 0.277. The van der Waals surface area contributed by atoms with E-state index >= 15 is 0 Å². The second-order valence-corrected chi connectivity index (χ2v) is 9.80. The second kappa shape index (κ2) is 9.88. The molecule has 3 aromatic carbocycles. The highest BCUT2D eigenvalue weighted by Crippen LogP contribution is 2.29. The fraction of sp³-hybridized carbons (Fsp3) is 0.0870. The summed E-state index contributed by atoms with van der Waals surface area (Å²) in [6, 6.07) is 17.4. The smallest absolute Gasteiger partial charge is 0.204 e. The summed E-state index contributed by atoms with van der Waals surface area (Å²) in [7, 11) is -2.59. The van der Waals surface area contributed by atoms with E-state index in [0.29, 0.717) is 26.9 Å². The molecule has 0 heterocycles. The van der Waals surface area contributed by atoms with Gasteiger partial charge in [0.15, 0.2) is 9.84 Å². The molecule has 0 spiro atoms. The number of carbonyl (C=O) groups is 1. The molecule has 3 aromatic rings. The molecule has 0 aliphatic rings. The third kappa shape index (κ3) is 5.69. The number of ketones is 1. The molecule has 0 N–H and O–H groups in total. The van der Waals surface area contributed by atoms with Gasteiger partial charge >= 0.3 is 0 Å². The van der Waals surface area contributed by atoms with Crippen LogP contribution in [0.4, 0.5) is 0 Å². The summed E-state index contributed by atoms with van der Waals surface area (Å²) in [5.74, 6) is -0.638. The van der Waals surface area contributed by atoms with Gasteiger partial charge in [-0.3, -0.25) is 4.79 Å². The maximum atomic E-state index is 13.4. The minimum Gasteiger partial charge on any atom is -0.496 e. The predicted molar refractivity (Wildman–Crippen MR) is 126 cm³/mol. The Morgan fingerprint density at radius 1 is 0.935 bits per heavy atom. The molecular weight excluding hydrogens is 479 g/mol. The van der Waals surface area contributed by atoms with Crippen molar-refractivity contribution in [3.05, 3.63) is 103 Å². The van der Waals surface area contributed by atoms with Crippen molar-refractivity contribution in [2.24, 2.45) is 0 Å². The Bertz CT molecular complexity index is 1250. The van der Waals surface area contributed by atoms with Crippen LogP contribution in [0.3, 0.4) is 0 Å². The van der Waals surface area contributed by atoms with E-state index in [9.17, 15) is 13.2 Å². The van der Waals surface area contributed by atoms with E-state index in [2.05, 4.69) is 0 Å². The number of methoxy groups -OCH3 is 1. The molecule has 8 heteroatoms. The highest BCUT2D eigenvalue weighted by atomic mass is 35.5. The van der Waals surface area contributed by atoms with Crippen LogP contribution < -0.4 is 4.74 Å². The molecule has 0 aliphatic heterocycles. The van der Waals surface area contributed by atoms with Crippen LogP contribution in [0.15, 0.2) is 71.6 Å². The van der Waals surface area contributed by atoms with Crippen molar-refractivity contribution in [1.29, 1.82) is 0 Å². The zero-order chi connectivity index (χ0) is 22.6. The third-order valence-corrected chi connectivity index (χ3v) is 7.11. The number of para-hydroxylation sites is 1. The van der Waals surface area contributed by atoms with Crippen LogP contribution in [0, 0.1) is 0 Å². The largest absolute Gasteiger partial charge is 0.496 e. The van der Waals surface area contributed by atoms with Gasteiger partial charge in [0.1, 0.15) is 10.7 Å². The van der Waals surface area contributed by atoms with E-state index in [1.54, 1.807) is 30.3 Å². The van der Waals surface area contributed by atoms with Gasteiger partial charge in [0.05, 0.1) is 22.9 Å². The first-order chi connectivity index (χ1) is 14.7. The Hall–Kier alpha value is -2.31. The molecule has 0 amide bonds. The fourth-order valence-corrected chi connectivity index (χ4v) is 4.82. The van der Waals surface area contributed by atoms with E-state index in [-0.39, 0.29) is 15.5 Å². The van der Waals surface area contributed by atoms with Gasteiger partial charge in [0, 0.05) is 16.1 Å². The molecule has 0 aliphatic carbocycles. The molecule has 0 saturated carbocycles. The zero-order valence-electron chi connectivity index (χ0n) is 16.3. The number of allylic oxidation sites excluding steroid dienone is 1. The number of benzene rings is 3. The van der Waals surface area contributed by atoms with Gasteiger partial charge in [-0.05, 0) is 54.1 Å². The molecule has 0 saturated heterocycles. The predicted octanol–water partition coefficient (Wildman–Crippen LogP) is 6.49. The zero-order valence-corrected chi connectivity index (χ0v) is 19.4. The van der Waals surface area contributed by atoms with Gasteiger partial charge in [0.25, 0.3) is 0 Å². The van der Waals surface area contributed by atoms with Crippen LogP contribution in [0.5, 0.6) is 5.75 Å². The SMILES string of the molecule is COc1ccccc1/C=C(\C(=O)c1ccc(Cl)cc1)S(=O)(=O)Cc1ccc(Cl)c(Cl)c1. The Balaban J connectivity index is 2.12. The lowest BCUT2D eigenvalue weighted by Crippen LogP contribution is -2.16. The number of hydrogen-bond acceptors (Lipinski definition) is 4. The number of hydrogen-bond donors (Lipinski definition) is 0. The number of Topliss-reactive ketones (excluding diaryl/α,β-unsaturated/α-hetero) is 1. The number of carbonyl (C=O) groups excluding carboxylic acids is 1. The first kappa shape index (κ1) is 23.4. The van der Waals surface area contributed by atoms with Crippen LogP contribution >= 0.6 is 34.8 Å². The van der Waals surface area contributed by atoms with Crippen molar-refractivity contribution in [3.63, 3.8) is 0 Å². The maximum Gasteiger partial charge on any atom is 0.204 e. The molecule has 4 nitrogen and oxygen atoms in total. The highest BCUT2D eigenvalue weighted by molar-refractivity contribution is 7.95. The minimum absolute atomic E-state index is 0.197. The summed E-state index contributed by atoms with van der Waals surface area (Å²) in [5.41, 5.74) is 1.06. The molecule has 160 valence electrons. The molecule has 0 fully saturated rings. The van der Waals surface area contributed by atoms with Crippen molar-refractivity contribution in [2.45, 2.75) is 5.75 Å². The van der Waals surface area contributed by atoms with Crippen LogP contribution in [-0.2, 0) is 15.6 Å². The first-order valence-corrected chi connectivity index (χ1v) is 11.8. The average Bonchev–Trinajstić information content (AvgIpc) is 2.74. The maximum absolute atomic E-state index is 13.4. The van der Waals surface area contributed by atoms with Gasteiger partial charge in [-0.1, -0.05) is 59.1 Å². The van der Waals surface area contributed by atoms with E-state index < -0.39 is 21.4 Å². The van der Waals surface area contributed by atoms with E-state index in [0.717, 1.165) is 0 Å². The van der Waals surface area contributed by atoms with Crippen LogP contribution in [0.1, 0.15) is 21.5 Å². The van der Waals surface area contributed by atoms with Crippen molar-refractivity contribution < 1.29 is 17.9 Å². The number of rotatable bonds is 7. The standard InChI is InChI=1S/C23H17Cl3O4S/c1-30-21-5-3-2-4-17(21)13-22(23(27)16-7-9-18(24)10-8-16)31(28,29)14-15-6-11-19(25)20(26)12-15/h2-13H,14H2,1H3/b22-13+. The Morgan fingerprint density at radius 2 is 1.61 bits per heavy atom. The van der Waals surface area contributed by atoms with Crippen molar-refractivity contribution >= 4 is 56.5 Å². The number of sulfone groups is 1. The van der Waals surface area contributed by atoms with E-state index in [1.807, 2.05) is 0 Å². The van der Waals surface area contributed by atoms with Crippen LogP contribution in [0.2, 0.25) is 15.1 Å². The van der Waals surface area contributed by atoms with Gasteiger partial charge in [-0.15, -0.1) is 0 Å². The van der Waals surface area contributed by atoms with E-state index in [4.69, 9.17) is 39.5 Å². The summed E-state index contributed by atoms with van der Waals surface area (Å²) in [5, 5.41) is 0.976. The Kier molecular flexibility index (Phi) is 7.44. The molecule has 0 aromatic heterocycles. The highest BCUT2D eigenvalue weighted by Gasteiger charge is 2.27. The molecule has 31 heavy (non-hydrogen) atoms. The van der Waals surface area contributed by atoms with Crippen LogP contribution in [-0.4, -0.2) is 21.3 Å². The molecule has 0 unspecified atom stereocenters. The van der Waals surface area contributed by atoms with Crippen molar-refractivity contribution in [2.75, 3.05) is 7.11 Å². The van der Waals surface area contributed by atoms with Crippen LogP contribution in [0.25, 0.3) is 6.08 Å². The fourth-order valence-electron chi connectivity index (χ4n) is 2.89. The van der Waals surface area contributed by atoms with Crippen molar-refractivity contribution in [1.82, 2.24) is 0 Å². The Labute approximate surface area is 195 Å². The minimum atomic E-state index is -4.06.